The summed E-state index contributed by atoms with van der Waals surface area (Å²) in [5.41, 5.74) is 0.336. The minimum Gasteiger partial charge on any atom is -0.258 e. The molecule has 0 radical (unpaired) electrons. The van der Waals surface area contributed by atoms with E-state index < -0.39 is 4.92 Å². The third-order valence-corrected chi connectivity index (χ3v) is 2.05. The van der Waals surface area contributed by atoms with Gasteiger partial charge in [0.2, 0.25) is 0 Å². The van der Waals surface area contributed by atoms with Crippen molar-refractivity contribution in [2.24, 2.45) is 0 Å². The number of hydrogen-bond acceptors (Lipinski definition) is 2. The molecule has 1 aromatic carbocycles. The highest BCUT2D eigenvalue weighted by Crippen LogP contribution is 2.27. The second kappa shape index (κ2) is 3.74. The first kappa shape index (κ1) is 9.29. The minimum atomic E-state index is -0.496. The van der Waals surface area contributed by atoms with E-state index in [1.54, 1.807) is 6.07 Å². The standard InChI is InChI=1S/C7H5Cl2NO2/c8-4-5-6(9)2-1-3-7(5)10(11)12/h1-3H,4H2. The van der Waals surface area contributed by atoms with Gasteiger partial charge in [0.15, 0.2) is 0 Å². The third kappa shape index (κ3) is 1.68. The van der Waals surface area contributed by atoms with Gasteiger partial charge in [-0.2, -0.15) is 0 Å². The third-order valence-electron chi connectivity index (χ3n) is 1.42. The van der Waals surface area contributed by atoms with Crippen molar-refractivity contribution < 1.29 is 4.92 Å². The van der Waals surface area contributed by atoms with E-state index in [1.165, 1.54) is 12.1 Å². The maximum Gasteiger partial charge on any atom is 0.275 e. The molecule has 0 fully saturated rings. The van der Waals surface area contributed by atoms with Gasteiger partial charge < -0.3 is 0 Å². The molecule has 5 heteroatoms. The number of benzene rings is 1. The van der Waals surface area contributed by atoms with Crippen molar-refractivity contribution in [3.05, 3.63) is 38.9 Å². The fourth-order valence-corrected chi connectivity index (χ4v) is 1.44. The molecule has 0 aliphatic rings. The second-order valence-corrected chi connectivity index (χ2v) is 2.80. The summed E-state index contributed by atoms with van der Waals surface area (Å²) in [5, 5.41) is 10.8. The molecule has 0 saturated heterocycles. The largest absolute Gasteiger partial charge is 0.275 e. The van der Waals surface area contributed by atoms with E-state index in [-0.39, 0.29) is 11.6 Å². The zero-order valence-electron chi connectivity index (χ0n) is 5.96. The van der Waals surface area contributed by atoms with Crippen LogP contribution in [0.15, 0.2) is 18.2 Å². The van der Waals surface area contributed by atoms with Gasteiger partial charge in [0.25, 0.3) is 5.69 Å². The summed E-state index contributed by atoms with van der Waals surface area (Å²) in [7, 11) is 0. The Morgan fingerprint density at radius 2 is 2.17 bits per heavy atom. The molecule has 0 unspecified atom stereocenters. The molecule has 0 aromatic heterocycles. The van der Waals surface area contributed by atoms with E-state index in [0.29, 0.717) is 10.6 Å². The van der Waals surface area contributed by atoms with Crippen LogP contribution in [0.5, 0.6) is 0 Å². The molecule has 0 N–H and O–H groups in total. The molecule has 1 aromatic rings. The molecular weight excluding hydrogens is 201 g/mol. The topological polar surface area (TPSA) is 43.1 Å². The molecular formula is C7H5Cl2NO2. The quantitative estimate of drug-likeness (QED) is 0.424. The summed E-state index contributed by atoms with van der Waals surface area (Å²) in [5.74, 6) is 0.0516. The highest BCUT2D eigenvalue weighted by molar-refractivity contribution is 6.32. The molecule has 1 rings (SSSR count). The fraction of sp³-hybridized carbons (Fsp3) is 0.143. The highest BCUT2D eigenvalue weighted by Gasteiger charge is 2.14. The Balaban J connectivity index is 3.27. The van der Waals surface area contributed by atoms with Crippen molar-refractivity contribution in [3.8, 4) is 0 Å². The van der Waals surface area contributed by atoms with Crippen LogP contribution in [0.4, 0.5) is 5.69 Å². The van der Waals surface area contributed by atoms with Gasteiger partial charge in [-0.05, 0) is 6.07 Å². The van der Waals surface area contributed by atoms with Crippen molar-refractivity contribution in [2.75, 3.05) is 0 Å². The molecule has 3 nitrogen and oxygen atoms in total. The van der Waals surface area contributed by atoms with E-state index in [0.717, 1.165) is 0 Å². The number of alkyl halides is 1. The van der Waals surface area contributed by atoms with Gasteiger partial charge in [-0.3, -0.25) is 10.1 Å². The van der Waals surface area contributed by atoms with Crippen molar-refractivity contribution in [2.45, 2.75) is 5.88 Å². The highest BCUT2D eigenvalue weighted by atomic mass is 35.5. The Morgan fingerprint density at radius 3 is 2.58 bits per heavy atom. The zero-order valence-corrected chi connectivity index (χ0v) is 7.47. The molecule has 0 saturated carbocycles. The van der Waals surface area contributed by atoms with E-state index in [2.05, 4.69) is 0 Å². The van der Waals surface area contributed by atoms with Crippen LogP contribution in [-0.2, 0) is 5.88 Å². The maximum atomic E-state index is 10.4. The number of rotatable bonds is 2. The van der Waals surface area contributed by atoms with Gasteiger partial charge in [0, 0.05) is 6.07 Å². The normalized spacial score (nSPS) is 9.83. The number of halogens is 2. The zero-order chi connectivity index (χ0) is 9.14. The average Bonchev–Trinajstić information content (AvgIpc) is 2.03. The lowest BCUT2D eigenvalue weighted by Gasteiger charge is -1.99. The molecule has 0 atom stereocenters. The predicted molar refractivity (Wildman–Crippen MR) is 47.7 cm³/mol. The van der Waals surface area contributed by atoms with Crippen LogP contribution in [-0.4, -0.2) is 4.92 Å². The van der Waals surface area contributed by atoms with E-state index in [1.807, 2.05) is 0 Å². The maximum absolute atomic E-state index is 10.4. The molecule has 0 bridgehead atoms. The molecule has 0 spiro atoms. The Bertz CT molecular complexity index is 314. The second-order valence-electron chi connectivity index (χ2n) is 2.13. The summed E-state index contributed by atoms with van der Waals surface area (Å²) in [6.45, 7) is 0. The summed E-state index contributed by atoms with van der Waals surface area (Å²) < 4.78 is 0. The van der Waals surface area contributed by atoms with Crippen LogP contribution >= 0.6 is 23.2 Å². The lowest BCUT2D eigenvalue weighted by Crippen LogP contribution is -1.93. The van der Waals surface area contributed by atoms with E-state index >= 15 is 0 Å². The smallest absolute Gasteiger partial charge is 0.258 e. The van der Waals surface area contributed by atoms with Crippen molar-refractivity contribution in [1.82, 2.24) is 0 Å². The summed E-state index contributed by atoms with van der Waals surface area (Å²) in [6, 6.07) is 4.48. The Kier molecular flexibility index (Phi) is 2.89. The Hall–Kier alpha value is -0.800. The van der Waals surface area contributed by atoms with Crippen molar-refractivity contribution in [3.63, 3.8) is 0 Å². The molecule has 0 aliphatic heterocycles. The Morgan fingerprint density at radius 1 is 1.50 bits per heavy atom. The lowest BCUT2D eigenvalue weighted by atomic mass is 10.2. The van der Waals surface area contributed by atoms with E-state index in [9.17, 15) is 10.1 Å². The van der Waals surface area contributed by atoms with Gasteiger partial charge >= 0.3 is 0 Å². The van der Waals surface area contributed by atoms with Crippen LogP contribution in [0.25, 0.3) is 0 Å². The van der Waals surface area contributed by atoms with Crippen LogP contribution in [0.1, 0.15) is 5.56 Å². The van der Waals surface area contributed by atoms with Gasteiger partial charge in [-0.25, -0.2) is 0 Å². The Labute approximate surface area is 79.1 Å². The average molecular weight is 206 g/mol. The predicted octanol–water partition coefficient (Wildman–Crippen LogP) is 2.99. The van der Waals surface area contributed by atoms with Crippen LogP contribution in [0.2, 0.25) is 5.02 Å². The summed E-state index contributed by atoms with van der Waals surface area (Å²) >= 11 is 11.2. The van der Waals surface area contributed by atoms with Gasteiger partial charge in [0.05, 0.1) is 21.4 Å². The monoisotopic (exact) mass is 205 g/mol. The number of nitro benzene ring substituents is 1. The molecule has 64 valence electrons. The first-order chi connectivity index (χ1) is 5.66. The van der Waals surface area contributed by atoms with Gasteiger partial charge in [0.1, 0.15) is 0 Å². The summed E-state index contributed by atoms with van der Waals surface area (Å²) in [4.78, 5) is 9.92. The van der Waals surface area contributed by atoms with Crippen LogP contribution in [0.3, 0.4) is 0 Å². The van der Waals surface area contributed by atoms with Crippen molar-refractivity contribution in [1.29, 1.82) is 0 Å². The number of nitrogens with zero attached hydrogens (tertiary/aromatic N) is 1. The first-order valence-corrected chi connectivity index (χ1v) is 4.06. The van der Waals surface area contributed by atoms with E-state index in [4.69, 9.17) is 23.2 Å². The number of hydrogen-bond donors (Lipinski definition) is 0. The van der Waals surface area contributed by atoms with Crippen LogP contribution in [0, 0.1) is 10.1 Å². The van der Waals surface area contributed by atoms with Crippen LogP contribution < -0.4 is 0 Å². The summed E-state index contributed by atoms with van der Waals surface area (Å²) in [6.07, 6.45) is 0. The SMILES string of the molecule is O=[N+]([O-])c1cccc(Cl)c1CCl. The number of nitro groups is 1. The van der Waals surface area contributed by atoms with Gasteiger partial charge in [-0.1, -0.05) is 17.7 Å². The molecule has 0 aliphatic carbocycles. The molecule has 0 heterocycles. The van der Waals surface area contributed by atoms with Gasteiger partial charge in [-0.15, -0.1) is 11.6 Å². The lowest BCUT2D eigenvalue weighted by molar-refractivity contribution is -0.385. The fourth-order valence-electron chi connectivity index (χ4n) is 0.851. The minimum absolute atomic E-state index is 0.0301. The molecule has 0 amide bonds. The van der Waals surface area contributed by atoms with Crippen molar-refractivity contribution >= 4 is 28.9 Å². The molecule has 12 heavy (non-hydrogen) atoms. The first-order valence-electron chi connectivity index (χ1n) is 3.14.